The predicted octanol–water partition coefficient (Wildman–Crippen LogP) is 3.18. The Kier molecular flexibility index (Phi) is 4.48. The number of nitrogens with zero attached hydrogens (tertiary/aromatic N) is 1. The van der Waals surface area contributed by atoms with Gasteiger partial charge >= 0.3 is 6.09 Å². The largest absolute Gasteiger partial charge is 0.444 e. The zero-order valence-corrected chi connectivity index (χ0v) is 14.2. The molecule has 3 rings (SSSR count). The zero-order valence-electron chi connectivity index (χ0n) is 14.2. The first-order valence-electron chi connectivity index (χ1n) is 8.35. The number of benzene rings is 1. The molecule has 0 aromatic heterocycles. The van der Waals surface area contributed by atoms with Crippen molar-refractivity contribution in [3.8, 4) is 0 Å². The second-order valence-corrected chi connectivity index (χ2v) is 7.30. The van der Waals surface area contributed by atoms with Crippen molar-refractivity contribution < 1.29 is 14.3 Å². The Morgan fingerprint density at radius 2 is 2.22 bits per heavy atom. The maximum atomic E-state index is 12.3. The van der Waals surface area contributed by atoms with Crippen molar-refractivity contribution in [3.05, 3.63) is 29.3 Å². The molecule has 2 aliphatic rings. The number of carbonyl (C=O) groups excluding carboxylic acids is 1. The number of ether oxygens (including phenoxy) is 2. The molecular formula is C18H26N2O3. The van der Waals surface area contributed by atoms with Crippen LogP contribution in [0, 0.1) is 0 Å². The molecule has 1 atom stereocenters. The number of carbonyl (C=O) groups is 1. The van der Waals surface area contributed by atoms with Crippen LogP contribution in [0.25, 0.3) is 0 Å². The average molecular weight is 318 g/mol. The van der Waals surface area contributed by atoms with Gasteiger partial charge in [-0.1, -0.05) is 12.1 Å². The summed E-state index contributed by atoms with van der Waals surface area (Å²) < 4.78 is 10.9. The molecule has 23 heavy (non-hydrogen) atoms. The molecule has 1 amide bonds. The third kappa shape index (κ3) is 3.96. The highest BCUT2D eigenvalue weighted by Crippen LogP contribution is 2.28. The number of anilines is 1. The molecule has 0 aliphatic carbocycles. The molecule has 1 saturated heterocycles. The Bertz CT molecular complexity index is 574. The summed E-state index contributed by atoms with van der Waals surface area (Å²) in [5, 5.41) is 3.59. The van der Waals surface area contributed by atoms with Gasteiger partial charge in [0.05, 0.1) is 12.6 Å². The minimum absolute atomic E-state index is 0.231. The molecule has 0 radical (unpaired) electrons. The summed E-state index contributed by atoms with van der Waals surface area (Å²) in [7, 11) is 0. The quantitative estimate of drug-likeness (QED) is 0.910. The number of nitrogens with one attached hydrogen (secondary N) is 1. The van der Waals surface area contributed by atoms with Crippen molar-refractivity contribution in [2.75, 3.05) is 25.1 Å². The molecule has 2 aliphatic heterocycles. The van der Waals surface area contributed by atoms with Gasteiger partial charge in [-0.3, -0.25) is 0 Å². The van der Waals surface area contributed by atoms with Crippen molar-refractivity contribution in [2.24, 2.45) is 0 Å². The van der Waals surface area contributed by atoms with E-state index in [0.717, 1.165) is 26.1 Å². The Labute approximate surface area is 137 Å². The van der Waals surface area contributed by atoms with E-state index in [-0.39, 0.29) is 6.09 Å². The van der Waals surface area contributed by atoms with E-state index in [2.05, 4.69) is 23.5 Å². The predicted molar refractivity (Wildman–Crippen MR) is 89.6 cm³/mol. The van der Waals surface area contributed by atoms with Crippen LogP contribution >= 0.6 is 0 Å². The van der Waals surface area contributed by atoms with Gasteiger partial charge < -0.3 is 19.7 Å². The third-order valence-corrected chi connectivity index (χ3v) is 4.21. The third-order valence-electron chi connectivity index (χ3n) is 4.21. The fourth-order valence-electron chi connectivity index (χ4n) is 3.10. The van der Waals surface area contributed by atoms with Gasteiger partial charge in [-0.15, -0.1) is 0 Å². The molecule has 0 spiro atoms. The van der Waals surface area contributed by atoms with E-state index in [1.807, 2.05) is 20.8 Å². The highest BCUT2D eigenvalue weighted by atomic mass is 16.6. The van der Waals surface area contributed by atoms with Crippen LogP contribution in [-0.2, 0) is 22.4 Å². The van der Waals surface area contributed by atoms with E-state index in [9.17, 15) is 4.79 Å². The number of hydrogen-bond donors (Lipinski definition) is 1. The lowest BCUT2D eigenvalue weighted by Gasteiger charge is -2.32. The highest BCUT2D eigenvalue weighted by molar-refractivity contribution is 5.69. The lowest BCUT2D eigenvalue weighted by molar-refractivity contribution is 0.0224. The first kappa shape index (κ1) is 16.1. The zero-order chi connectivity index (χ0) is 16.4. The molecule has 5 heteroatoms. The van der Waals surface area contributed by atoms with Gasteiger partial charge in [0, 0.05) is 25.4 Å². The second-order valence-electron chi connectivity index (χ2n) is 7.30. The second kappa shape index (κ2) is 6.40. The maximum absolute atomic E-state index is 12.3. The Balaban J connectivity index is 1.70. The first-order chi connectivity index (χ1) is 10.9. The van der Waals surface area contributed by atoms with Crippen molar-refractivity contribution in [1.82, 2.24) is 4.90 Å². The monoisotopic (exact) mass is 318 g/mol. The first-order valence-corrected chi connectivity index (χ1v) is 8.35. The SMILES string of the molecule is CC(C)(C)OC(=O)N1CCc2c(cccc2NC2CCOC2)C1. The Morgan fingerprint density at radius 3 is 2.91 bits per heavy atom. The Morgan fingerprint density at radius 1 is 1.39 bits per heavy atom. The summed E-state index contributed by atoms with van der Waals surface area (Å²) in [6, 6.07) is 6.67. The maximum Gasteiger partial charge on any atom is 0.410 e. The molecule has 5 nitrogen and oxygen atoms in total. The molecule has 1 aromatic rings. The fourth-order valence-corrected chi connectivity index (χ4v) is 3.10. The standard InChI is InChI=1S/C18H26N2O3/c1-18(2,3)23-17(21)20-9-7-15-13(11-20)5-4-6-16(15)19-14-8-10-22-12-14/h4-6,14,19H,7-12H2,1-3H3. The van der Waals surface area contributed by atoms with E-state index >= 15 is 0 Å². The van der Waals surface area contributed by atoms with Gasteiger partial charge in [0.15, 0.2) is 0 Å². The summed E-state index contributed by atoms with van der Waals surface area (Å²) in [5.74, 6) is 0. The van der Waals surface area contributed by atoms with Gasteiger partial charge in [0.2, 0.25) is 0 Å². The molecule has 1 unspecified atom stereocenters. The molecule has 2 heterocycles. The van der Waals surface area contributed by atoms with Crippen molar-refractivity contribution in [2.45, 2.75) is 51.8 Å². The molecule has 1 N–H and O–H groups in total. The van der Waals surface area contributed by atoms with E-state index in [1.165, 1.54) is 16.8 Å². The van der Waals surface area contributed by atoms with Gasteiger partial charge in [-0.25, -0.2) is 4.79 Å². The topological polar surface area (TPSA) is 50.8 Å². The minimum Gasteiger partial charge on any atom is -0.444 e. The molecular weight excluding hydrogens is 292 g/mol. The van der Waals surface area contributed by atoms with Gasteiger partial charge in [-0.2, -0.15) is 0 Å². The van der Waals surface area contributed by atoms with E-state index in [1.54, 1.807) is 4.90 Å². The summed E-state index contributed by atoms with van der Waals surface area (Å²) in [6.45, 7) is 8.60. The molecule has 1 fully saturated rings. The van der Waals surface area contributed by atoms with Crippen LogP contribution in [-0.4, -0.2) is 42.4 Å². The number of amides is 1. The lowest BCUT2D eigenvalue weighted by Crippen LogP contribution is -2.40. The van der Waals surface area contributed by atoms with Gasteiger partial charge in [0.25, 0.3) is 0 Å². The average Bonchev–Trinajstić information content (AvgIpc) is 2.98. The van der Waals surface area contributed by atoms with E-state index in [4.69, 9.17) is 9.47 Å². The fraction of sp³-hybridized carbons (Fsp3) is 0.611. The molecule has 1 aromatic carbocycles. The number of fused-ring (bicyclic) bond motifs is 1. The molecule has 0 saturated carbocycles. The van der Waals surface area contributed by atoms with Crippen LogP contribution in [0.3, 0.4) is 0 Å². The summed E-state index contributed by atoms with van der Waals surface area (Å²) in [4.78, 5) is 14.0. The number of rotatable bonds is 2. The van der Waals surface area contributed by atoms with Crippen LogP contribution in [0.2, 0.25) is 0 Å². The van der Waals surface area contributed by atoms with Crippen LogP contribution < -0.4 is 5.32 Å². The van der Waals surface area contributed by atoms with Crippen molar-refractivity contribution in [1.29, 1.82) is 0 Å². The van der Waals surface area contributed by atoms with E-state index in [0.29, 0.717) is 19.1 Å². The summed E-state index contributed by atoms with van der Waals surface area (Å²) in [5.41, 5.74) is 3.25. The van der Waals surface area contributed by atoms with Crippen LogP contribution in [0.1, 0.15) is 38.3 Å². The van der Waals surface area contributed by atoms with Crippen molar-refractivity contribution >= 4 is 11.8 Å². The lowest BCUT2D eigenvalue weighted by atomic mass is 9.97. The van der Waals surface area contributed by atoms with Crippen LogP contribution in [0.4, 0.5) is 10.5 Å². The van der Waals surface area contributed by atoms with Crippen LogP contribution in [0.5, 0.6) is 0 Å². The normalized spacial score (nSPS) is 21.0. The van der Waals surface area contributed by atoms with Crippen molar-refractivity contribution in [3.63, 3.8) is 0 Å². The van der Waals surface area contributed by atoms with Gasteiger partial charge in [-0.05, 0) is 50.8 Å². The molecule has 0 bridgehead atoms. The minimum atomic E-state index is -0.455. The Hall–Kier alpha value is -1.75. The van der Waals surface area contributed by atoms with E-state index < -0.39 is 5.60 Å². The number of hydrogen-bond acceptors (Lipinski definition) is 4. The summed E-state index contributed by atoms with van der Waals surface area (Å²) >= 11 is 0. The van der Waals surface area contributed by atoms with Gasteiger partial charge in [0.1, 0.15) is 5.60 Å². The van der Waals surface area contributed by atoms with Crippen LogP contribution in [0.15, 0.2) is 18.2 Å². The molecule has 126 valence electrons. The summed E-state index contributed by atoms with van der Waals surface area (Å²) in [6.07, 6.45) is 1.67. The highest BCUT2D eigenvalue weighted by Gasteiger charge is 2.27. The smallest absolute Gasteiger partial charge is 0.410 e.